The molecule has 2 aromatic rings. The van der Waals surface area contributed by atoms with Crippen LogP contribution in [0.4, 0.5) is 8.78 Å². The third kappa shape index (κ3) is 1.03. The number of halogens is 2. The molecule has 0 amide bonds. The summed E-state index contributed by atoms with van der Waals surface area (Å²) >= 11 is 0. The summed E-state index contributed by atoms with van der Waals surface area (Å²) in [7, 11) is 0. The molecular weight excluding hydrogens is 172 g/mol. The van der Waals surface area contributed by atoms with Gasteiger partial charge in [0.15, 0.2) is 0 Å². The fraction of sp³-hybridized carbons (Fsp3) is 0.200. The molecule has 2 rings (SSSR count). The molecule has 0 saturated heterocycles. The zero-order valence-corrected chi connectivity index (χ0v) is 7.41. The summed E-state index contributed by atoms with van der Waals surface area (Å²) in [4.78, 5) is 2.57. The van der Waals surface area contributed by atoms with Crippen LogP contribution in [0.2, 0.25) is 0 Å². The van der Waals surface area contributed by atoms with E-state index in [1.165, 1.54) is 12.3 Å². The lowest BCUT2D eigenvalue weighted by Crippen LogP contribution is -1.87. The molecular formula is C10H9F2N. The molecule has 0 radical (unpaired) electrons. The van der Waals surface area contributed by atoms with E-state index < -0.39 is 11.6 Å². The number of nitrogens with one attached hydrogen (secondary N) is 1. The average molecular weight is 181 g/mol. The first-order valence-electron chi connectivity index (χ1n) is 4.03. The monoisotopic (exact) mass is 181 g/mol. The highest BCUT2D eigenvalue weighted by molar-refractivity contribution is 5.85. The summed E-state index contributed by atoms with van der Waals surface area (Å²) in [6.45, 7) is 3.55. The van der Waals surface area contributed by atoms with Crippen LogP contribution >= 0.6 is 0 Å². The molecule has 0 spiro atoms. The standard InChI is InChI=1S/C10H9F2N/c1-5-3-7(11)10-9(6(5)2)8(12)4-13-10/h3-4,13H,1-2H3. The summed E-state index contributed by atoms with van der Waals surface area (Å²) in [6.07, 6.45) is 1.18. The minimum absolute atomic E-state index is 0.251. The molecule has 68 valence electrons. The molecule has 3 heteroatoms. The van der Waals surface area contributed by atoms with Gasteiger partial charge in [0, 0.05) is 11.6 Å². The second-order valence-electron chi connectivity index (χ2n) is 3.19. The Labute approximate surface area is 74.4 Å². The van der Waals surface area contributed by atoms with Crippen molar-refractivity contribution >= 4 is 10.9 Å². The minimum Gasteiger partial charge on any atom is -0.356 e. The predicted octanol–water partition coefficient (Wildman–Crippen LogP) is 3.06. The molecule has 0 aliphatic rings. The van der Waals surface area contributed by atoms with Crippen LogP contribution < -0.4 is 0 Å². The maximum absolute atomic E-state index is 13.2. The van der Waals surface area contributed by atoms with Gasteiger partial charge in [-0.1, -0.05) is 0 Å². The first kappa shape index (κ1) is 8.23. The number of benzene rings is 1. The summed E-state index contributed by atoms with van der Waals surface area (Å²) < 4.78 is 26.4. The Morgan fingerprint density at radius 3 is 2.54 bits per heavy atom. The second kappa shape index (κ2) is 2.55. The van der Waals surface area contributed by atoms with Crippen molar-refractivity contribution in [2.24, 2.45) is 0 Å². The van der Waals surface area contributed by atoms with Gasteiger partial charge in [0.25, 0.3) is 0 Å². The van der Waals surface area contributed by atoms with Gasteiger partial charge in [-0.15, -0.1) is 0 Å². The largest absolute Gasteiger partial charge is 0.356 e. The molecule has 1 aromatic carbocycles. The number of aromatic nitrogens is 1. The maximum atomic E-state index is 13.2. The third-order valence-electron chi connectivity index (χ3n) is 2.38. The van der Waals surface area contributed by atoms with Crippen molar-refractivity contribution < 1.29 is 8.78 Å². The van der Waals surface area contributed by atoms with Crippen molar-refractivity contribution in [3.05, 3.63) is 35.0 Å². The molecule has 1 heterocycles. The van der Waals surface area contributed by atoms with Crippen LogP contribution in [0.1, 0.15) is 11.1 Å². The highest BCUT2D eigenvalue weighted by atomic mass is 19.1. The van der Waals surface area contributed by atoms with Crippen molar-refractivity contribution in [3.8, 4) is 0 Å². The Morgan fingerprint density at radius 1 is 1.15 bits per heavy atom. The number of rotatable bonds is 0. The van der Waals surface area contributed by atoms with Gasteiger partial charge >= 0.3 is 0 Å². The quantitative estimate of drug-likeness (QED) is 0.642. The Morgan fingerprint density at radius 2 is 1.85 bits per heavy atom. The lowest BCUT2D eigenvalue weighted by Gasteiger charge is -2.02. The second-order valence-corrected chi connectivity index (χ2v) is 3.19. The van der Waals surface area contributed by atoms with E-state index >= 15 is 0 Å². The maximum Gasteiger partial charge on any atom is 0.148 e. The Bertz CT molecular complexity index is 471. The van der Waals surface area contributed by atoms with Gasteiger partial charge in [-0.2, -0.15) is 0 Å². The minimum atomic E-state index is -0.401. The van der Waals surface area contributed by atoms with Crippen molar-refractivity contribution in [2.75, 3.05) is 0 Å². The molecule has 0 bridgehead atoms. The van der Waals surface area contributed by atoms with E-state index in [1.54, 1.807) is 13.8 Å². The fourth-order valence-corrected chi connectivity index (χ4v) is 1.52. The summed E-state index contributed by atoms with van der Waals surface area (Å²) in [5.74, 6) is -0.794. The van der Waals surface area contributed by atoms with E-state index in [2.05, 4.69) is 4.98 Å². The number of hydrogen-bond donors (Lipinski definition) is 1. The lowest BCUT2D eigenvalue weighted by atomic mass is 10.1. The first-order chi connectivity index (χ1) is 6.11. The molecule has 13 heavy (non-hydrogen) atoms. The van der Waals surface area contributed by atoms with Gasteiger partial charge in [0.1, 0.15) is 11.6 Å². The SMILES string of the molecule is Cc1cc(F)c2[nH]cc(F)c2c1C. The Hall–Kier alpha value is -1.38. The lowest BCUT2D eigenvalue weighted by molar-refractivity contribution is 0.633. The smallest absolute Gasteiger partial charge is 0.148 e. The van der Waals surface area contributed by atoms with E-state index in [0.29, 0.717) is 5.39 Å². The summed E-state index contributed by atoms with van der Waals surface area (Å²) in [5.41, 5.74) is 1.80. The van der Waals surface area contributed by atoms with Gasteiger partial charge in [0.2, 0.25) is 0 Å². The van der Waals surface area contributed by atoms with Crippen LogP contribution in [0.25, 0.3) is 10.9 Å². The number of hydrogen-bond acceptors (Lipinski definition) is 0. The van der Waals surface area contributed by atoms with Crippen molar-refractivity contribution in [2.45, 2.75) is 13.8 Å². The van der Waals surface area contributed by atoms with Gasteiger partial charge in [-0.25, -0.2) is 8.78 Å². The highest BCUT2D eigenvalue weighted by Crippen LogP contribution is 2.25. The fourth-order valence-electron chi connectivity index (χ4n) is 1.52. The zero-order chi connectivity index (χ0) is 9.59. The Balaban J connectivity index is 3.00. The molecule has 0 aliphatic carbocycles. The van der Waals surface area contributed by atoms with Crippen LogP contribution in [0, 0.1) is 25.5 Å². The summed E-state index contributed by atoms with van der Waals surface area (Å²) in [5, 5.41) is 0.359. The molecule has 0 atom stereocenters. The van der Waals surface area contributed by atoms with Gasteiger partial charge in [-0.05, 0) is 31.0 Å². The van der Waals surface area contributed by atoms with Crippen molar-refractivity contribution in [3.63, 3.8) is 0 Å². The number of H-pyrrole nitrogens is 1. The highest BCUT2D eigenvalue weighted by Gasteiger charge is 2.11. The van der Waals surface area contributed by atoms with Gasteiger partial charge in [0.05, 0.1) is 5.52 Å². The average Bonchev–Trinajstić information content (AvgIpc) is 2.44. The molecule has 0 fully saturated rings. The van der Waals surface area contributed by atoms with Gasteiger partial charge < -0.3 is 4.98 Å². The van der Waals surface area contributed by atoms with Crippen LogP contribution in [-0.2, 0) is 0 Å². The van der Waals surface area contributed by atoms with Crippen LogP contribution in [0.5, 0.6) is 0 Å². The van der Waals surface area contributed by atoms with E-state index in [0.717, 1.165) is 11.1 Å². The van der Waals surface area contributed by atoms with Crippen LogP contribution in [-0.4, -0.2) is 4.98 Å². The molecule has 0 aliphatic heterocycles. The third-order valence-corrected chi connectivity index (χ3v) is 2.38. The van der Waals surface area contributed by atoms with Crippen LogP contribution in [0.3, 0.4) is 0 Å². The topological polar surface area (TPSA) is 15.8 Å². The van der Waals surface area contributed by atoms with Crippen LogP contribution in [0.15, 0.2) is 12.3 Å². The zero-order valence-electron chi connectivity index (χ0n) is 7.41. The van der Waals surface area contributed by atoms with E-state index in [1.807, 2.05) is 0 Å². The van der Waals surface area contributed by atoms with Gasteiger partial charge in [-0.3, -0.25) is 0 Å². The normalized spacial score (nSPS) is 11.1. The molecule has 1 aromatic heterocycles. The molecule has 1 N–H and O–H groups in total. The number of aryl methyl sites for hydroxylation is 2. The molecule has 0 unspecified atom stereocenters. The number of fused-ring (bicyclic) bond motifs is 1. The van der Waals surface area contributed by atoms with E-state index in [9.17, 15) is 8.78 Å². The Kier molecular flexibility index (Phi) is 1.62. The van der Waals surface area contributed by atoms with E-state index in [4.69, 9.17) is 0 Å². The first-order valence-corrected chi connectivity index (χ1v) is 4.03. The van der Waals surface area contributed by atoms with E-state index in [-0.39, 0.29) is 5.52 Å². The molecule has 0 saturated carbocycles. The summed E-state index contributed by atoms with van der Waals surface area (Å²) in [6, 6.07) is 1.41. The predicted molar refractivity (Wildman–Crippen MR) is 47.7 cm³/mol. The van der Waals surface area contributed by atoms with Crippen molar-refractivity contribution in [1.29, 1.82) is 0 Å². The number of aromatic amines is 1. The van der Waals surface area contributed by atoms with Crippen molar-refractivity contribution in [1.82, 2.24) is 4.98 Å². The molecule has 1 nitrogen and oxygen atoms in total.